The first-order valence-corrected chi connectivity index (χ1v) is 9.49. The van der Waals surface area contributed by atoms with Crippen LogP contribution < -0.4 is 10.2 Å². The Labute approximate surface area is 165 Å². The standard InChI is InChI=1S/C13H16N2.C9H11NO3/c1-2-6-13-12(5-1)11(9-14-13)10-15-7-3-4-8-15;1-6-3-4-7(13-2)5-8(6)9(11)10-12/h1-2,5-6,9,14H,3-4,7-8,10H2;3-5,12H,1-2H3,(H,10,11). The van der Waals surface area contributed by atoms with Crippen LogP contribution in [0.25, 0.3) is 10.9 Å². The van der Waals surface area contributed by atoms with Crippen molar-refractivity contribution in [3.63, 3.8) is 0 Å². The summed E-state index contributed by atoms with van der Waals surface area (Å²) in [6.45, 7) is 5.41. The number of carbonyl (C=O) groups excluding carboxylic acids is 1. The molecule has 148 valence electrons. The lowest BCUT2D eigenvalue weighted by molar-refractivity contribution is 0.0705. The van der Waals surface area contributed by atoms with E-state index in [9.17, 15) is 4.79 Å². The third-order valence-electron chi connectivity index (χ3n) is 5.06. The van der Waals surface area contributed by atoms with E-state index in [0.717, 1.165) is 12.1 Å². The van der Waals surface area contributed by atoms with Crippen LogP contribution in [0, 0.1) is 6.92 Å². The summed E-state index contributed by atoms with van der Waals surface area (Å²) in [5.41, 5.74) is 5.46. The molecule has 6 heteroatoms. The first kappa shape index (κ1) is 19.9. The second kappa shape index (κ2) is 9.39. The largest absolute Gasteiger partial charge is 0.497 e. The molecule has 0 radical (unpaired) electrons. The number of aryl methyl sites for hydroxylation is 1. The number of hydrogen-bond donors (Lipinski definition) is 3. The van der Waals surface area contributed by atoms with E-state index in [2.05, 4.69) is 40.3 Å². The van der Waals surface area contributed by atoms with Gasteiger partial charge in [0.25, 0.3) is 5.91 Å². The molecule has 2 aromatic carbocycles. The molecule has 6 nitrogen and oxygen atoms in total. The Kier molecular flexibility index (Phi) is 6.68. The zero-order chi connectivity index (χ0) is 19.9. The van der Waals surface area contributed by atoms with Gasteiger partial charge in [0.05, 0.1) is 7.11 Å². The normalized spacial score (nSPS) is 13.8. The van der Waals surface area contributed by atoms with Crippen molar-refractivity contribution in [2.45, 2.75) is 26.3 Å². The van der Waals surface area contributed by atoms with Gasteiger partial charge in [-0.2, -0.15) is 0 Å². The predicted molar refractivity (Wildman–Crippen MR) is 110 cm³/mol. The Bertz CT molecular complexity index is 930. The third kappa shape index (κ3) is 4.71. The molecule has 3 N–H and O–H groups in total. The fourth-order valence-electron chi connectivity index (χ4n) is 3.48. The van der Waals surface area contributed by atoms with Crippen molar-refractivity contribution in [1.29, 1.82) is 0 Å². The van der Waals surface area contributed by atoms with Crippen LogP contribution in [-0.2, 0) is 6.54 Å². The number of H-pyrrole nitrogens is 1. The summed E-state index contributed by atoms with van der Waals surface area (Å²) in [6.07, 6.45) is 4.88. The molecule has 3 aromatic rings. The minimum Gasteiger partial charge on any atom is -0.497 e. The molecule has 2 heterocycles. The van der Waals surface area contributed by atoms with Gasteiger partial charge in [0.15, 0.2) is 0 Å². The summed E-state index contributed by atoms with van der Waals surface area (Å²) in [6, 6.07) is 13.6. The van der Waals surface area contributed by atoms with Crippen LogP contribution in [0.5, 0.6) is 5.75 Å². The maximum Gasteiger partial charge on any atom is 0.275 e. The molecule has 1 aliphatic rings. The Morgan fingerprint density at radius 1 is 1.21 bits per heavy atom. The number of aromatic nitrogens is 1. The number of rotatable bonds is 4. The molecule has 0 spiro atoms. The van der Waals surface area contributed by atoms with E-state index in [0.29, 0.717) is 11.3 Å². The summed E-state index contributed by atoms with van der Waals surface area (Å²) >= 11 is 0. The summed E-state index contributed by atoms with van der Waals surface area (Å²) in [5, 5.41) is 9.81. The van der Waals surface area contributed by atoms with Gasteiger partial charge >= 0.3 is 0 Å². The first-order chi connectivity index (χ1) is 13.6. The van der Waals surface area contributed by atoms with Gasteiger partial charge in [-0.15, -0.1) is 0 Å². The monoisotopic (exact) mass is 381 g/mol. The molecule has 0 saturated carbocycles. The fourth-order valence-corrected chi connectivity index (χ4v) is 3.48. The number of benzene rings is 2. The van der Waals surface area contributed by atoms with Crippen molar-refractivity contribution >= 4 is 16.8 Å². The number of methoxy groups -OCH3 is 1. The van der Waals surface area contributed by atoms with Crippen LogP contribution >= 0.6 is 0 Å². The highest BCUT2D eigenvalue weighted by atomic mass is 16.5. The topological polar surface area (TPSA) is 77.6 Å². The molecule has 0 aliphatic carbocycles. The predicted octanol–water partition coefficient (Wildman–Crippen LogP) is 3.89. The molecule has 0 atom stereocenters. The summed E-state index contributed by atoms with van der Waals surface area (Å²) in [5.74, 6) is 0.0561. The molecule has 1 saturated heterocycles. The molecule has 28 heavy (non-hydrogen) atoms. The van der Waals surface area contributed by atoms with E-state index in [1.54, 1.807) is 30.6 Å². The second-order valence-electron chi connectivity index (χ2n) is 6.96. The molecule has 0 unspecified atom stereocenters. The lowest BCUT2D eigenvalue weighted by Gasteiger charge is -2.13. The highest BCUT2D eigenvalue weighted by Crippen LogP contribution is 2.21. The van der Waals surface area contributed by atoms with E-state index in [4.69, 9.17) is 9.94 Å². The number of aromatic amines is 1. The van der Waals surface area contributed by atoms with Crippen molar-refractivity contribution in [2.24, 2.45) is 0 Å². The molecule has 1 amide bonds. The Balaban J connectivity index is 0.000000163. The molecule has 1 aromatic heterocycles. The third-order valence-corrected chi connectivity index (χ3v) is 5.06. The van der Waals surface area contributed by atoms with Crippen LogP contribution in [0.2, 0.25) is 0 Å². The number of hydroxylamine groups is 1. The number of hydrogen-bond acceptors (Lipinski definition) is 4. The van der Waals surface area contributed by atoms with E-state index >= 15 is 0 Å². The minimum absolute atomic E-state index is 0.404. The number of ether oxygens (including phenoxy) is 1. The quantitative estimate of drug-likeness (QED) is 0.473. The molecule has 4 rings (SSSR count). The van der Waals surface area contributed by atoms with Crippen molar-refractivity contribution < 1.29 is 14.7 Å². The molecule has 1 aliphatic heterocycles. The van der Waals surface area contributed by atoms with Crippen molar-refractivity contribution in [2.75, 3.05) is 20.2 Å². The summed E-state index contributed by atoms with van der Waals surface area (Å²) in [7, 11) is 1.52. The zero-order valence-corrected chi connectivity index (χ0v) is 16.4. The molecular weight excluding hydrogens is 354 g/mol. The number of fused-ring (bicyclic) bond motifs is 1. The van der Waals surface area contributed by atoms with Gasteiger partial charge in [-0.05, 0) is 62.2 Å². The minimum atomic E-state index is -0.531. The van der Waals surface area contributed by atoms with Gasteiger partial charge in [-0.25, -0.2) is 5.48 Å². The van der Waals surface area contributed by atoms with Gasteiger partial charge in [-0.1, -0.05) is 24.3 Å². The Morgan fingerprint density at radius 2 is 1.96 bits per heavy atom. The average molecular weight is 381 g/mol. The summed E-state index contributed by atoms with van der Waals surface area (Å²) in [4.78, 5) is 17.0. The Hall–Kier alpha value is -2.83. The number of nitrogens with zero attached hydrogens (tertiary/aromatic N) is 1. The van der Waals surface area contributed by atoms with Gasteiger partial charge in [-0.3, -0.25) is 14.9 Å². The second-order valence-corrected chi connectivity index (χ2v) is 6.96. The SMILES string of the molecule is COc1ccc(C)c(C(=O)NO)c1.c1ccc2c(CN3CCCC3)c[nH]c2c1. The number of likely N-dealkylation sites (tertiary alicyclic amines) is 1. The van der Waals surface area contributed by atoms with Gasteiger partial charge in [0.1, 0.15) is 5.75 Å². The van der Waals surface area contributed by atoms with Gasteiger partial charge < -0.3 is 9.72 Å². The smallest absolute Gasteiger partial charge is 0.275 e. The molecule has 0 bridgehead atoms. The molecular formula is C22H27N3O3. The van der Waals surface area contributed by atoms with Crippen molar-refractivity contribution in [3.8, 4) is 5.75 Å². The summed E-state index contributed by atoms with van der Waals surface area (Å²) < 4.78 is 4.94. The van der Waals surface area contributed by atoms with Crippen molar-refractivity contribution in [3.05, 3.63) is 65.4 Å². The number of amides is 1. The lowest BCUT2D eigenvalue weighted by Crippen LogP contribution is -2.19. The number of nitrogens with one attached hydrogen (secondary N) is 2. The average Bonchev–Trinajstić information content (AvgIpc) is 3.39. The van der Waals surface area contributed by atoms with E-state index in [1.165, 1.54) is 49.5 Å². The highest BCUT2D eigenvalue weighted by molar-refractivity contribution is 5.95. The fraction of sp³-hybridized carbons (Fsp3) is 0.318. The van der Waals surface area contributed by atoms with Crippen LogP contribution in [0.3, 0.4) is 0 Å². The first-order valence-electron chi connectivity index (χ1n) is 9.49. The van der Waals surface area contributed by atoms with E-state index in [1.807, 2.05) is 0 Å². The van der Waals surface area contributed by atoms with E-state index in [-0.39, 0.29) is 0 Å². The van der Waals surface area contributed by atoms with Crippen LogP contribution in [0.4, 0.5) is 0 Å². The maximum atomic E-state index is 11.1. The van der Waals surface area contributed by atoms with Crippen molar-refractivity contribution in [1.82, 2.24) is 15.4 Å². The van der Waals surface area contributed by atoms with Crippen LogP contribution in [0.1, 0.15) is 34.3 Å². The zero-order valence-electron chi connectivity index (χ0n) is 16.4. The van der Waals surface area contributed by atoms with E-state index < -0.39 is 5.91 Å². The van der Waals surface area contributed by atoms with Gasteiger partial charge in [0.2, 0.25) is 0 Å². The van der Waals surface area contributed by atoms with Crippen LogP contribution in [-0.4, -0.2) is 41.2 Å². The van der Waals surface area contributed by atoms with Crippen LogP contribution in [0.15, 0.2) is 48.7 Å². The maximum absolute atomic E-state index is 11.1. The van der Waals surface area contributed by atoms with Gasteiger partial charge in [0, 0.05) is 29.2 Å². The number of carbonyl (C=O) groups is 1. The Morgan fingerprint density at radius 3 is 2.68 bits per heavy atom. The highest BCUT2D eigenvalue weighted by Gasteiger charge is 2.13. The number of para-hydroxylation sites is 1. The molecule has 1 fully saturated rings. The lowest BCUT2D eigenvalue weighted by atomic mass is 10.1.